The van der Waals surface area contributed by atoms with Crippen LogP contribution in [0.5, 0.6) is 0 Å². The molecule has 2 heterocycles. The molecule has 2 aliphatic heterocycles. The fraction of sp³-hybridized carbons (Fsp3) is 1.00. The number of hydrogen-bond acceptors (Lipinski definition) is 4. The molecule has 2 rings (SSSR count). The van der Waals surface area contributed by atoms with Crippen molar-refractivity contribution < 1.29 is 0 Å². The molecule has 3 N–H and O–H groups in total. The number of rotatable bonds is 3. The smallest absolute Gasteiger partial charge is 0.0464 e. The molecule has 0 amide bonds. The Morgan fingerprint density at radius 3 is 2.35 bits per heavy atom. The van der Waals surface area contributed by atoms with Crippen molar-refractivity contribution >= 4 is 11.8 Å². The van der Waals surface area contributed by atoms with Crippen molar-refractivity contribution in [2.45, 2.75) is 63.6 Å². The Kier molecular flexibility index (Phi) is 4.75. The summed E-state index contributed by atoms with van der Waals surface area (Å²) in [6.45, 7) is 5.44. The number of piperidine rings is 1. The summed E-state index contributed by atoms with van der Waals surface area (Å²) in [5, 5.41) is 2.49. The van der Waals surface area contributed by atoms with Crippen LogP contribution in [0.1, 0.15) is 46.0 Å². The van der Waals surface area contributed by atoms with Crippen LogP contribution in [0.15, 0.2) is 0 Å². The Morgan fingerprint density at radius 2 is 1.82 bits per heavy atom. The number of nitrogens with one attached hydrogen (secondary N) is 1. The molecule has 3 nitrogen and oxygen atoms in total. The van der Waals surface area contributed by atoms with Crippen LogP contribution in [0.2, 0.25) is 0 Å². The first-order valence-electron chi connectivity index (χ1n) is 7.01. The molecule has 0 aromatic rings. The van der Waals surface area contributed by atoms with Crippen molar-refractivity contribution in [3.8, 4) is 0 Å². The molecular weight excluding hydrogens is 230 g/mol. The summed E-state index contributed by atoms with van der Waals surface area (Å²) in [6, 6.07) is 1.30. The second-order valence-corrected chi connectivity index (χ2v) is 6.97. The van der Waals surface area contributed by atoms with Crippen LogP contribution in [0, 0.1) is 0 Å². The van der Waals surface area contributed by atoms with Crippen molar-refractivity contribution in [3.05, 3.63) is 0 Å². The quantitative estimate of drug-likeness (QED) is 0.811. The maximum absolute atomic E-state index is 6.05. The van der Waals surface area contributed by atoms with E-state index in [-0.39, 0.29) is 5.54 Å². The predicted molar refractivity (Wildman–Crippen MR) is 76.1 cm³/mol. The average molecular weight is 257 g/mol. The maximum atomic E-state index is 6.05. The minimum Gasteiger partial charge on any atom is -0.329 e. The molecule has 0 aromatic heterocycles. The van der Waals surface area contributed by atoms with E-state index in [0.29, 0.717) is 12.1 Å². The van der Waals surface area contributed by atoms with Gasteiger partial charge in [0.15, 0.2) is 0 Å². The Balaban J connectivity index is 2.00. The van der Waals surface area contributed by atoms with E-state index in [1.54, 1.807) is 0 Å². The Hall–Kier alpha value is 0.230. The largest absolute Gasteiger partial charge is 0.329 e. The summed E-state index contributed by atoms with van der Waals surface area (Å²) in [6.07, 6.45) is 6.42. The molecule has 0 saturated carbocycles. The predicted octanol–water partition coefficient (Wildman–Crippen LogP) is 1.98. The molecule has 0 aliphatic carbocycles. The van der Waals surface area contributed by atoms with E-state index in [0.717, 1.165) is 6.54 Å². The van der Waals surface area contributed by atoms with Gasteiger partial charge in [-0.3, -0.25) is 0 Å². The average Bonchev–Trinajstić information content (AvgIpc) is 2.35. The van der Waals surface area contributed by atoms with Crippen LogP contribution in [-0.4, -0.2) is 40.7 Å². The van der Waals surface area contributed by atoms with Crippen molar-refractivity contribution in [2.24, 2.45) is 5.73 Å². The van der Waals surface area contributed by atoms with Crippen LogP contribution in [0.25, 0.3) is 0 Å². The summed E-state index contributed by atoms with van der Waals surface area (Å²) in [7, 11) is 0. The summed E-state index contributed by atoms with van der Waals surface area (Å²) >= 11 is 2.06. The maximum Gasteiger partial charge on any atom is 0.0464 e. The van der Waals surface area contributed by atoms with Gasteiger partial charge in [0.05, 0.1) is 0 Å². The van der Waals surface area contributed by atoms with Gasteiger partial charge in [0.1, 0.15) is 0 Å². The monoisotopic (exact) mass is 257 g/mol. The lowest BCUT2D eigenvalue weighted by molar-refractivity contribution is -0.000856. The second-order valence-electron chi connectivity index (χ2n) is 5.74. The highest BCUT2D eigenvalue weighted by Crippen LogP contribution is 2.29. The van der Waals surface area contributed by atoms with E-state index in [1.807, 2.05) is 0 Å². The van der Waals surface area contributed by atoms with E-state index in [9.17, 15) is 0 Å². The lowest BCUT2D eigenvalue weighted by Gasteiger charge is -2.47. The van der Waals surface area contributed by atoms with Gasteiger partial charge in [-0.2, -0.15) is 11.8 Å². The van der Waals surface area contributed by atoms with Gasteiger partial charge in [-0.1, -0.05) is 6.42 Å². The first kappa shape index (κ1) is 13.7. The van der Waals surface area contributed by atoms with Crippen LogP contribution in [0.3, 0.4) is 0 Å². The van der Waals surface area contributed by atoms with E-state index in [4.69, 9.17) is 5.73 Å². The Bertz CT molecular complexity index is 231. The zero-order valence-electron chi connectivity index (χ0n) is 11.2. The molecule has 2 atom stereocenters. The van der Waals surface area contributed by atoms with Gasteiger partial charge >= 0.3 is 0 Å². The Morgan fingerprint density at radius 1 is 1.24 bits per heavy atom. The standard InChI is InChI=1S/C13H27N3S/c1-11-4-3-5-12(2)16(11)15-13(10-14)6-8-17-9-7-13/h11-12,15H,3-10,14H2,1-2H3. The third kappa shape index (κ3) is 3.16. The number of nitrogens with zero attached hydrogens (tertiary/aromatic N) is 1. The van der Waals surface area contributed by atoms with Gasteiger partial charge in [-0.15, -0.1) is 0 Å². The van der Waals surface area contributed by atoms with Crippen LogP contribution < -0.4 is 11.2 Å². The molecule has 4 heteroatoms. The van der Waals surface area contributed by atoms with E-state index in [2.05, 4.69) is 36.0 Å². The molecule has 0 aromatic carbocycles. The highest BCUT2D eigenvalue weighted by molar-refractivity contribution is 7.99. The van der Waals surface area contributed by atoms with Crippen LogP contribution in [0.4, 0.5) is 0 Å². The van der Waals surface area contributed by atoms with E-state index >= 15 is 0 Å². The van der Waals surface area contributed by atoms with Gasteiger partial charge in [-0.25, -0.2) is 10.4 Å². The molecule has 100 valence electrons. The van der Waals surface area contributed by atoms with Crippen molar-refractivity contribution in [3.63, 3.8) is 0 Å². The van der Waals surface area contributed by atoms with Crippen molar-refractivity contribution in [1.29, 1.82) is 0 Å². The van der Waals surface area contributed by atoms with Gasteiger partial charge in [0, 0.05) is 24.2 Å². The highest BCUT2D eigenvalue weighted by Gasteiger charge is 2.36. The minimum absolute atomic E-state index is 0.172. The molecular formula is C13H27N3S. The van der Waals surface area contributed by atoms with Gasteiger partial charge in [-0.05, 0) is 51.0 Å². The second kappa shape index (κ2) is 5.91. The normalized spacial score (nSPS) is 34.8. The Labute approximate surface area is 110 Å². The van der Waals surface area contributed by atoms with E-state index < -0.39 is 0 Å². The zero-order chi connectivity index (χ0) is 12.3. The lowest BCUT2D eigenvalue weighted by Crippen LogP contribution is -2.64. The van der Waals surface area contributed by atoms with Gasteiger partial charge in [0.25, 0.3) is 0 Å². The first-order valence-corrected chi connectivity index (χ1v) is 8.16. The zero-order valence-corrected chi connectivity index (χ0v) is 12.1. The van der Waals surface area contributed by atoms with Crippen LogP contribution >= 0.6 is 11.8 Å². The summed E-state index contributed by atoms with van der Waals surface area (Å²) in [5.41, 5.74) is 10.0. The molecule has 0 radical (unpaired) electrons. The SMILES string of the molecule is CC1CCCC(C)N1NC1(CN)CCSCC1. The number of thioether (sulfide) groups is 1. The molecule has 2 aliphatic rings. The summed E-state index contributed by atoms with van der Waals surface area (Å²) in [5.74, 6) is 2.50. The van der Waals surface area contributed by atoms with E-state index in [1.165, 1.54) is 43.6 Å². The fourth-order valence-corrected chi connectivity index (χ4v) is 4.31. The molecule has 2 fully saturated rings. The molecule has 0 spiro atoms. The van der Waals surface area contributed by atoms with Crippen LogP contribution in [-0.2, 0) is 0 Å². The minimum atomic E-state index is 0.172. The fourth-order valence-electron chi connectivity index (χ4n) is 3.04. The molecule has 0 bridgehead atoms. The summed E-state index contributed by atoms with van der Waals surface area (Å²) < 4.78 is 0. The number of nitrogens with two attached hydrogens (primary N) is 1. The van der Waals surface area contributed by atoms with Gasteiger partial charge < -0.3 is 5.73 Å². The van der Waals surface area contributed by atoms with Crippen molar-refractivity contribution in [1.82, 2.24) is 10.4 Å². The highest BCUT2D eigenvalue weighted by atomic mass is 32.2. The van der Waals surface area contributed by atoms with Gasteiger partial charge in [0.2, 0.25) is 0 Å². The number of hydrazine groups is 1. The molecule has 2 saturated heterocycles. The topological polar surface area (TPSA) is 41.3 Å². The summed E-state index contributed by atoms with van der Waals surface area (Å²) in [4.78, 5) is 0. The third-order valence-corrected chi connectivity index (χ3v) is 5.39. The number of hydrogen-bond donors (Lipinski definition) is 2. The first-order chi connectivity index (χ1) is 8.17. The third-order valence-electron chi connectivity index (χ3n) is 4.40. The lowest BCUT2D eigenvalue weighted by atomic mass is 9.92. The molecule has 2 unspecified atom stereocenters. The van der Waals surface area contributed by atoms with Crippen molar-refractivity contribution in [2.75, 3.05) is 18.1 Å². The molecule has 17 heavy (non-hydrogen) atoms.